The van der Waals surface area contributed by atoms with Crippen LogP contribution in [0.4, 0.5) is 4.39 Å². The minimum absolute atomic E-state index is 0.120. The van der Waals surface area contributed by atoms with Crippen LogP contribution >= 0.6 is 15.9 Å². The van der Waals surface area contributed by atoms with E-state index in [1.54, 1.807) is 23.2 Å². The molecular weight excluding hydrogens is 337 g/mol. The number of hydrogen-bond acceptors (Lipinski definition) is 2. The highest BCUT2D eigenvalue weighted by Gasteiger charge is 2.27. The molecule has 110 valence electrons. The van der Waals surface area contributed by atoms with Gasteiger partial charge >= 0.3 is 0 Å². The van der Waals surface area contributed by atoms with E-state index in [2.05, 4.69) is 26.1 Å². The van der Waals surface area contributed by atoms with Gasteiger partial charge in [-0.15, -0.1) is 0 Å². The highest BCUT2D eigenvalue weighted by Crippen LogP contribution is 2.27. The van der Waals surface area contributed by atoms with Crippen molar-refractivity contribution in [2.75, 3.05) is 13.1 Å². The third-order valence-corrected chi connectivity index (χ3v) is 4.47. The number of benzene rings is 1. The van der Waals surface area contributed by atoms with Crippen LogP contribution in [-0.4, -0.2) is 34.1 Å². The van der Waals surface area contributed by atoms with Crippen LogP contribution in [0.1, 0.15) is 34.8 Å². The third-order valence-electron chi connectivity index (χ3n) is 3.85. The van der Waals surface area contributed by atoms with Gasteiger partial charge in [-0.3, -0.25) is 9.89 Å². The second-order valence-electron chi connectivity index (χ2n) is 5.20. The third kappa shape index (κ3) is 2.85. The van der Waals surface area contributed by atoms with Crippen molar-refractivity contribution in [2.24, 2.45) is 0 Å². The van der Waals surface area contributed by atoms with Crippen molar-refractivity contribution in [3.8, 4) is 0 Å². The summed E-state index contributed by atoms with van der Waals surface area (Å²) in [6.07, 6.45) is 3.63. The van der Waals surface area contributed by atoms with Crippen LogP contribution in [0.5, 0.6) is 0 Å². The Balaban J connectivity index is 1.80. The lowest BCUT2D eigenvalue weighted by Crippen LogP contribution is -2.39. The lowest BCUT2D eigenvalue weighted by molar-refractivity contribution is 0.0701. The molecule has 0 saturated carbocycles. The standard InChI is InChI=1S/C15H15BrFN3O/c16-12-5-1-4-11(14(12)17)15(21)20-8-2-3-10(9-20)13-6-7-18-19-13/h1,4-7,10H,2-3,8-9H2,(H,18,19). The van der Waals surface area contributed by atoms with Crippen molar-refractivity contribution in [3.63, 3.8) is 0 Å². The summed E-state index contributed by atoms with van der Waals surface area (Å²) in [5, 5.41) is 6.91. The first-order valence-corrected chi connectivity index (χ1v) is 7.68. The number of carbonyl (C=O) groups excluding carboxylic acids is 1. The van der Waals surface area contributed by atoms with Crippen molar-refractivity contribution in [1.29, 1.82) is 0 Å². The van der Waals surface area contributed by atoms with Gasteiger partial charge in [-0.1, -0.05) is 6.07 Å². The number of likely N-dealkylation sites (tertiary alicyclic amines) is 1. The fourth-order valence-corrected chi connectivity index (χ4v) is 3.11. The van der Waals surface area contributed by atoms with Crippen LogP contribution in [0.15, 0.2) is 34.9 Å². The van der Waals surface area contributed by atoms with Crippen molar-refractivity contribution >= 4 is 21.8 Å². The maximum atomic E-state index is 14.1. The number of H-pyrrole nitrogens is 1. The molecule has 1 atom stereocenters. The molecule has 1 N–H and O–H groups in total. The van der Waals surface area contributed by atoms with Gasteiger partial charge in [-0.05, 0) is 47.0 Å². The molecule has 6 heteroatoms. The molecule has 1 aromatic heterocycles. The van der Waals surface area contributed by atoms with Gasteiger partial charge in [0.05, 0.1) is 10.0 Å². The Morgan fingerprint density at radius 1 is 1.43 bits per heavy atom. The average molecular weight is 352 g/mol. The van der Waals surface area contributed by atoms with Crippen molar-refractivity contribution < 1.29 is 9.18 Å². The number of carbonyl (C=O) groups is 1. The topological polar surface area (TPSA) is 49.0 Å². The first-order chi connectivity index (χ1) is 10.2. The molecule has 2 aromatic rings. The van der Waals surface area contributed by atoms with E-state index < -0.39 is 5.82 Å². The molecule has 1 amide bonds. The molecule has 0 spiro atoms. The zero-order valence-corrected chi connectivity index (χ0v) is 12.9. The molecule has 0 aliphatic carbocycles. The van der Waals surface area contributed by atoms with Gasteiger partial charge < -0.3 is 4.90 Å². The zero-order valence-electron chi connectivity index (χ0n) is 11.4. The SMILES string of the molecule is O=C(c1cccc(Br)c1F)N1CCCC(c2ccn[nH]2)C1. The summed E-state index contributed by atoms with van der Waals surface area (Å²) in [5.41, 5.74) is 1.15. The van der Waals surface area contributed by atoms with E-state index in [0.717, 1.165) is 18.5 Å². The van der Waals surface area contributed by atoms with Crippen LogP contribution < -0.4 is 0 Å². The first kappa shape index (κ1) is 14.3. The van der Waals surface area contributed by atoms with E-state index in [-0.39, 0.29) is 17.4 Å². The maximum Gasteiger partial charge on any atom is 0.256 e. The molecule has 1 aromatic carbocycles. The predicted molar refractivity (Wildman–Crippen MR) is 80.6 cm³/mol. The smallest absolute Gasteiger partial charge is 0.256 e. The summed E-state index contributed by atoms with van der Waals surface area (Å²) in [6, 6.07) is 6.73. The van der Waals surface area contributed by atoms with E-state index in [1.807, 2.05) is 6.07 Å². The first-order valence-electron chi connectivity index (χ1n) is 6.89. The van der Waals surface area contributed by atoms with Gasteiger partial charge in [0.1, 0.15) is 5.82 Å². The molecule has 2 heterocycles. The highest BCUT2D eigenvalue weighted by molar-refractivity contribution is 9.10. The Hall–Kier alpha value is -1.69. The lowest BCUT2D eigenvalue weighted by atomic mass is 9.94. The van der Waals surface area contributed by atoms with Gasteiger partial charge in [-0.25, -0.2) is 4.39 Å². The molecular formula is C15H15BrFN3O. The van der Waals surface area contributed by atoms with Crippen LogP contribution in [0.25, 0.3) is 0 Å². The molecule has 21 heavy (non-hydrogen) atoms. The van der Waals surface area contributed by atoms with Gasteiger partial charge in [0.15, 0.2) is 0 Å². The summed E-state index contributed by atoms with van der Waals surface area (Å²) in [5.74, 6) is -0.510. The van der Waals surface area contributed by atoms with Gasteiger partial charge in [0.2, 0.25) is 0 Å². The number of rotatable bonds is 2. The fraction of sp³-hybridized carbons (Fsp3) is 0.333. The summed E-state index contributed by atoms with van der Waals surface area (Å²) in [4.78, 5) is 14.2. The van der Waals surface area contributed by atoms with Crippen molar-refractivity contribution in [3.05, 3.63) is 52.0 Å². The fourth-order valence-electron chi connectivity index (χ4n) is 2.75. The van der Waals surface area contributed by atoms with Crippen LogP contribution in [-0.2, 0) is 0 Å². The summed E-state index contributed by atoms with van der Waals surface area (Å²) >= 11 is 3.12. The molecule has 3 rings (SSSR count). The van der Waals surface area contributed by atoms with E-state index in [9.17, 15) is 9.18 Å². The van der Waals surface area contributed by atoms with E-state index in [0.29, 0.717) is 17.6 Å². The number of amides is 1. The number of piperidine rings is 1. The molecule has 0 bridgehead atoms. The normalized spacial score (nSPS) is 18.8. The minimum Gasteiger partial charge on any atom is -0.338 e. The summed E-state index contributed by atoms with van der Waals surface area (Å²) in [7, 11) is 0. The summed E-state index contributed by atoms with van der Waals surface area (Å²) < 4.78 is 14.4. The van der Waals surface area contributed by atoms with Crippen LogP contribution in [0.2, 0.25) is 0 Å². The van der Waals surface area contributed by atoms with E-state index >= 15 is 0 Å². The quantitative estimate of drug-likeness (QED) is 0.901. The number of aromatic amines is 1. The Morgan fingerprint density at radius 2 is 2.29 bits per heavy atom. The van der Waals surface area contributed by atoms with Gasteiger partial charge in [-0.2, -0.15) is 5.10 Å². The highest BCUT2D eigenvalue weighted by atomic mass is 79.9. The van der Waals surface area contributed by atoms with Crippen LogP contribution in [0, 0.1) is 5.82 Å². The molecule has 0 radical (unpaired) electrons. The van der Waals surface area contributed by atoms with Gasteiger partial charge in [0.25, 0.3) is 5.91 Å². The Bertz CT molecular complexity index is 644. The minimum atomic E-state index is -0.494. The predicted octanol–water partition coefficient (Wildman–Crippen LogP) is 3.33. The Labute approximate surface area is 130 Å². The number of halogens is 2. The Morgan fingerprint density at radius 3 is 3.05 bits per heavy atom. The molecule has 4 nitrogen and oxygen atoms in total. The van der Waals surface area contributed by atoms with E-state index in [1.165, 1.54) is 6.07 Å². The monoisotopic (exact) mass is 351 g/mol. The van der Waals surface area contributed by atoms with Crippen molar-refractivity contribution in [1.82, 2.24) is 15.1 Å². The largest absolute Gasteiger partial charge is 0.338 e. The maximum absolute atomic E-state index is 14.1. The number of nitrogens with one attached hydrogen (secondary N) is 1. The van der Waals surface area contributed by atoms with Gasteiger partial charge in [0, 0.05) is 30.9 Å². The molecule has 1 aliphatic rings. The zero-order chi connectivity index (χ0) is 14.8. The summed E-state index contributed by atoms with van der Waals surface area (Å²) in [6.45, 7) is 1.25. The average Bonchev–Trinajstić information content (AvgIpc) is 3.04. The number of aromatic nitrogens is 2. The Kier molecular flexibility index (Phi) is 4.05. The molecule has 1 fully saturated rings. The van der Waals surface area contributed by atoms with Crippen molar-refractivity contribution in [2.45, 2.75) is 18.8 Å². The van der Waals surface area contributed by atoms with Crippen LogP contribution in [0.3, 0.4) is 0 Å². The van der Waals surface area contributed by atoms with E-state index in [4.69, 9.17) is 0 Å². The number of hydrogen-bond donors (Lipinski definition) is 1. The second-order valence-corrected chi connectivity index (χ2v) is 6.06. The molecule has 1 saturated heterocycles. The molecule has 1 unspecified atom stereocenters. The molecule has 1 aliphatic heterocycles. The lowest BCUT2D eigenvalue weighted by Gasteiger charge is -2.32. The second kappa shape index (κ2) is 5.97. The number of nitrogens with zero attached hydrogens (tertiary/aromatic N) is 2.